The molecule has 2 aromatic carbocycles. The van der Waals surface area contributed by atoms with Gasteiger partial charge in [0.15, 0.2) is 0 Å². The first-order valence-electron chi connectivity index (χ1n) is 10.1. The second-order valence-corrected chi connectivity index (χ2v) is 8.56. The molecule has 0 fully saturated rings. The average Bonchev–Trinajstić information content (AvgIpc) is 2.65. The van der Waals surface area contributed by atoms with E-state index in [-0.39, 0.29) is 11.8 Å². The summed E-state index contributed by atoms with van der Waals surface area (Å²) in [5.74, 6) is 0.998. The summed E-state index contributed by atoms with van der Waals surface area (Å²) in [6.45, 7) is 10.9. The summed E-state index contributed by atoms with van der Waals surface area (Å²) in [6, 6.07) is 14.0. The van der Waals surface area contributed by atoms with E-state index in [9.17, 15) is 9.59 Å². The average molecular weight is 413 g/mol. The van der Waals surface area contributed by atoms with E-state index in [1.165, 1.54) is 16.7 Å². The molecule has 0 aliphatic carbocycles. The number of hydrogen-bond donors (Lipinski definition) is 1. The summed E-state index contributed by atoms with van der Waals surface area (Å²) in [6.07, 6.45) is 0. The van der Waals surface area contributed by atoms with Gasteiger partial charge in [-0.25, -0.2) is 0 Å². The normalized spacial score (nSPS) is 11.8. The van der Waals surface area contributed by atoms with Crippen LogP contribution in [-0.4, -0.2) is 35.1 Å². The highest BCUT2D eigenvalue weighted by Crippen LogP contribution is 2.18. The van der Waals surface area contributed by atoms with Crippen LogP contribution in [0.3, 0.4) is 0 Å². The first-order chi connectivity index (χ1) is 13.8. The summed E-state index contributed by atoms with van der Waals surface area (Å²) in [5, 5.41) is 2.83. The molecule has 0 radical (unpaired) electrons. The zero-order chi connectivity index (χ0) is 21.4. The maximum absolute atomic E-state index is 13.0. The Hall–Kier alpha value is -2.27. The quantitative estimate of drug-likeness (QED) is 0.664. The van der Waals surface area contributed by atoms with E-state index >= 15 is 0 Å². The van der Waals surface area contributed by atoms with Crippen LogP contribution in [0.15, 0.2) is 42.5 Å². The number of carbonyl (C=O) groups excluding carboxylic acids is 2. The number of carbonyl (C=O) groups is 2. The van der Waals surface area contributed by atoms with Gasteiger partial charge in [0.25, 0.3) is 0 Å². The van der Waals surface area contributed by atoms with Crippen LogP contribution in [0, 0.1) is 20.8 Å². The third-order valence-corrected chi connectivity index (χ3v) is 5.72. The number of benzene rings is 2. The summed E-state index contributed by atoms with van der Waals surface area (Å²) in [5.41, 5.74) is 5.87. The predicted octanol–water partition coefficient (Wildman–Crippen LogP) is 4.40. The van der Waals surface area contributed by atoms with Crippen molar-refractivity contribution >= 4 is 23.6 Å². The second-order valence-electron chi connectivity index (χ2n) is 7.57. The number of likely N-dealkylation sites (N-methyl/N-ethyl adjacent to an activating group) is 1. The SMILES string of the molecule is CCNC(=O)[C@@H](C)N(Cc1cccc(C)c1)C(=O)CSCc1cc(C)cc(C)c1. The molecule has 0 aromatic heterocycles. The van der Waals surface area contributed by atoms with Gasteiger partial charge < -0.3 is 10.2 Å². The molecule has 29 heavy (non-hydrogen) atoms. The van der Waals surface area contributed by atoms with Gasteiger partial charge in [0.05, 0.1) is 5.75 Å². The first-order valence-corrected chi connectivity index (χ1v) is 11.2. The van der Waals surface area contributed by atoms with Gasteiger partial charge in [-0.1, -0.05) is 59.2 Å². The molecule has 2 amide bonds. The minimum absolute atomic E-state index is 0.0142. The van der Waals surface area contributed by atoms with Crippen molar-refractivity contribution in [2.24, 2.45) is 0 Å². The molecule has 0 saturated heterocycles. The minimum atomic E-state index is -0.509. The minimum Gasteiger partial charge on any atom is -0.355 e. The molecule has 0 bridgehead atoms. The van der Waals surface area contributed by atoms with Crippen LogP contribution in [0.25, 0.3) is 0 Å². The number of aryl methyl sites for hydroxylation is 3. The smallest absolute Gasteiger partial charge is 0.242 e. The molecule has 156 valence electrons. The molecule has 1 atom stereocenters. The van der Waals surface area contributed by atoms with Crippen LogP contribution in [0.1, 0.15) is 41.7 Å². The molecular formula is C24H32N2O2S. The fourth-order valence-corrected chi connectivity index (χ4v) is 4.25. The third kappa shape index (κ3) is 7.24. The van der Waals surface area contributed by atoms with Crippen molar-refractivity contribution in [1.82, 2.24) is 10.2 Å². The lowest BCUT2D eigenvalue weighted by molar-refractivity contribution is -0.138. The van der Waals surface area contributed by atoms with Gasteiger partial charge in [-0.15, -0.1) is 11.8 Å². The molecule has 0 heterocycles. The number of thioether (sulfide) groups is 1. The number of hydrogen-bond acceptors (Lipinski definition) is 3. The van der Waals surface area contributed by atoms with Crippen molar-refractivity contribution in [2.75, 3.05) is 12.3 Å². The first kappa shape index (κ1) is 23.0. The van der Waals surface area contributed by atoms with Crippen molar-refractivity contribution in [3.05, 3.63) is 70.3 Å². The van der Waals surface area contributed by atoms with Crippen LogP contribution in [0.2, 0.25) is 0 Å². The second kappa shape index (κ2) is 11.1. The molecule has 0 aliphatic heterocycles. The highest BCUT2D eigenvalue weighted by molar-refractivity contribution is 7.99. The van der Waals surface area contributed by atoms with Crippen molar-refractivity contribution in [3.63, 3.8) is 0 Å². The van der Waals surface area contributed by atoms with Crippen LogP contribution in [0.5, 0.6) is 0 Å². The van der Waals surface area contributed by atoms with Crippen LogP contribution < -0.4 is 5.32 Å². The molecule has 0 saturated carbocycles. The summed E-state index contributed by atoms with van der Waals surface area (Å²) < 4.78 is 0. The van der Waals surface area contributed by atoms with Crippen molar-refractivity contribution < 1.29 is 9.59 Å². The van der Waals surface area contributed by atoms with E-state index in [2.05, 4.69) is 43.4 Å². The van der Waals surface area contributed by atoms with E-state index in [1.807, 2.05) is 32.0 Å². The highest BCUT2D eigenvalue weighted by Gasteiger charge is 2.25. The maximum atomic E-state index is 13.0. The highest BCUT2D eigenvalue weighted by atomic mass is 32.2. The summed E-state index contributed by atoms with van der Waals surface area (Å²) >= 11 is 1.59. The van der Waals surface area contributed by atoms with Gasteiger partial charge in [0.1, 0.15) is 6.04 Å². The van der Waals surface area contributed by atoms with Crippen molar-refractivity contribution in [2.45, 2.75) is 53.0 Å². The van der Waals surface area contributed by atoms with Crippen LogP contribution in [-0.2, 0) is 21.9 Å². The van der Waals surface area contributed by atoms with Gasteiger partial charge >= 0.3 is 0 Å². The molecule has 2 aromatic rings. The molecule has 4 nitrogen and oxygen atoms in total. The van der Waals surface area contributed by atoms with E-state index in [0.717, 1.165) is 16.9 Å². The monoisotopic (exact) mass is 412 g/mol. The lowest BCUT2D eigenvalue weighted by Gasteiger charge is -2.28. The molecule has 2 rings (SSSR count). The Labute approximate surface area is 179 Å². The number of nitrogens with one attached hydrogen (secondary N) is 1. The largest absolute Gasteiger partial charge is 0.355 e. The molecule has 0 unspecified atom stereocenters. The molecule has 0 spiro atoms. The Balaban J connectivity index is 2.07. The van der Waals surface area contributed by atoms with E-state index in [0.29, 0.717) is 18.8 Å². The molecular weight excluding hydrogens is 380 g/mol. The summed E-state index contributed by atoms with van der Waals surface area (Å²) in [4.78, 5) is 27.1. The van der Waals surface area contributed by atoms with Crippen LogP contribution >= 0.6 is 11.8 Å². The van der Waals surface area contributed by atoms with E-state index < -0.39 is 6.04 Å². The van der Waals surface area contributed by atoms with E-state index in [4.69, 9.17) is 0 Å². The van der Waals surface area contributed by atoms with Crippen LogP contribution in [0.4, 0.5) is 0 Å². The topological polar surface area (TPSA) is 49.4 Å². The number of rotatable bonds is 9. The maximum Gasteiger partial charge on any atom is 0.242 e. The Kier molecular flexibility index (Phi) is 8.77. The zero-order valence-electron chi connectivity index (χ0n) is 18.1. The molecule has 1 N–H and O–H groups in total. The lowest BCUT2D eigenvalue weighted by Crippen LogP contribution is -2.48. The van der Waals surface area contributed by atoms with Crippen molar-refractivity contribution in [1.29, 1.82) is 0 Å². The third-order valence-electron chi connectivity index (χ3n) is 4.73. The van der Waals surface area contributed by atoms with Crippen molar-refractivity contribution in [3.8, 4) is 0 Å². The Morgan fingerprint density at radius 1 is 1.00 bits per heavy atom. The standard InChI is InChI=1S/C24H32N2O2S/c1-6-25-24(28)20(5)26(14-21-9-7-8-17(2)11-21)23(27)16-29-15-22-12-18(3)10-19(4)13-22/h7-13,20H,6,14-16H2,1-5H3,(H,25,28)/t20-/m1/s1. The Bertz CT molecular complexity index is 830. The van der Waals surface area contributed by atoms with Gasteiger partial charge in [0, 0.05) is 18.8 Å². The van der Waals surface area contributed by atoms with Gasteiger partial charge in [-0.2, -0.15) is 0 Å². The number of nitrogens with zero attached hydrogens (tertiary/aromatic N) is 1. The fraction of sp³-hybridized carbons (Fsp3) is 0.417. The van der Waals surface area contributed by atoms with Gasteiger partial charge in [-0.05, 0) is 45.7 Å². The summed E-state index contributed by atoms with van der Waals surface area (Å²) in [7, 11) is 0. The molecule has 5 heteroatoms. The van der Waals surface area contributed by atoms with Gasteiger partial charge in [-0.3, -0.25) is 9.59 Å². The van der Waals surface area contributed by atoms with Gasteiger partial charge in [0.2, 0.25) is 11.8 Å². The Morgan fingerprint density at radius 2 is 1.66 bits per heavy atom. The van der Waals surface area contributed by atoms with E-state index in [1.54, 1.807) is 23.6 Å². The number of amides is 2. The lowest BCUT2D eigenvalue weighted by atomic mass is 10.1. The Morgan fingerprint density at radius 3 is 2.28 bits per heavy atom. The fourth-order valence-electron chi connectivity index (χ4n) is 3.40. The molecule has 0 aliphatic rings. The zero-order valence-corrected chi connectivity index (χ0v) is 18.9. The predicted molar refractivity (Wildman–Crippen MR) is 122 cm³/mol.